The predicted molar refractivity (Wildman–Crippen MR) is 71.3 cm³/mol. The lowest BCUT2D eigenvalue weighted by molar-refractivity contribution is 0.165. The fourth-order valence-corrected chi connectivity index (χ4v) is 4.06. The van der Waals surface area contributed by atoms with Gasteiger partial charge in [-0.3, -0.25) is 9.88 Å². The van der Waals surface area contributed by atoms with Gasteiger partial charge in [0.25, 0.3) is 0 Å². The standard InChI is InChI=1S/C13H21N3S/c1-10(13-8-14-9-17-13)16-7-3-5-12(16)11-4-2-6-15-11/h8-12,15H,2-7H2,1H3. The molecule has 1 N–H and O–H groups in total. The van der Waals surface area contributed by atoms with Gasteiger partial charge in [-0.05, 0) is 45.7 Å². The third kappa shape index (κ3) is 2.26. The highest BCUT2D eigenvalue weighted by atomic mass is 32.1. The number of aromatic nitrogens is 1. The number of thiazole rings is 1. The van der Waals surface area contributed by atoms with E-state index < -0.39 is 0 Å². The molecule has 3 heterocycles. The van der Waals surface area contributed by atoms with E-state index in [0.29, 0.717) is 6.04 Å². The third-order valence-electron chi connectivity index (χ3n) is 4.27. The van der Waals surface area contributed by atoms with E-state index in [4.69, 9.17) is 0 Å². The summed E-state index contributed by atoms with van der Waals surface area (Å²) in [5.74, 6) is 0. The number of hydrogen-bond acceptors (Lipinski definition) is 4. The Morgan fingerprint density at radius 1 is 1.47 bits per heavy atom. The lowest BCUT2D eigenvalue weighted by Gasteiger charge is -2.33. The summed E-state index contributed by atoms with van der Waals surface area (Å²) in [6, 6.07) is 2.01. The van der Waals surface area contributed by atoms with E-state index in [9.17, 15) is 0 Å². The van der Waals surface area contributed by atoms with E-state index in [1.54, 1.807) is 11.3 Å². The van der Waals surface area contributed by atoms with Crippen LogP contribution in [0.3, 0.4) is 0 Å². The van der Waals surface area contributed by atoms with Crippen molar-refractivity contribution in [1.29, 1.82) is 0 Å². The Morgan fingerprint density at radius 2 is 2.41 bits per heavy atom. The van der Waals surface area contributed by atoms with Crippen LogP contribution in [-0.4, -0.2) is 35.1 Å². The van der Waals surface area contributed by atoms with Crippen molar-refractivity contribution >= 4 is 11.3 Å². The maximum absolute atomic E-state index is 4.21. The van der Waals surface area contributed by atoms with Crippen molar-refractivity contribution in [2.24, 2.45) is 0 Å². The first-order valence-corrected chi connectivity index (χ1v) is 7.62. The summed E-state index contributed by atoms with van der Waals surface area (Å²) >= 11 is 1.79. The van der Waals surface area contributed by atoms with Gasteiger partial charge in [0, 0.05) is 29.2 Å². The minimum absolute atomic E-state index is 0.539. The molecule has 0 aliphatic carbocycles. The molecule has 0 bridgehead atoms. The van der Waals surface area contributed by atoms with Gasteiger partial charge in [-0.15, -0.1) is 11.3 Å². The highest BCUT2D eigenvalue weighted by Gasteiger charge is 2.36. The summed E-state index contributed by atoms with van der Waals surface area (Å²) in [7, 11) is 0. The monoisotopic (exact) mass is 251 g/mol. The van der Waals surface area contributed by atoms with Gasteiger partial charge in [0.2, 0.25) is 0 Å². The summed E-state index contributed by atoms with van der Waals surface area (Å²) in [5, 5.41) is 3.67. The number of nitrogens with one attached hydrogen (secondary N) is 1. The van der Waals surface area contributed by atoms with E-state index in [0.717, 1.165) is 12.1 Å². The molecule has 0 aromatic carbocycles. The number of hydrogen-bond donors (Lipinski definition) is 1. The van der Waals surface area contributed by atoms with E-state index in [1.165, 1.54) is 43.6 Å². The van der Waals surface area contributed by atoms with Gasteiger partial charge < -0.3 is 5.32 Å². The van der Waals surface area contributed by atoms with Crippen LogP contribution in [0.5, 0.6) is 0 Å². The van der Waals surface area contributed by atoms with Gasteiger partial charge in [-0.1, -0.05) is 0 Å². The van der Waals surface area contributed by atoms with E-state index in [-0.39, 0.29) is 0 Å². The summed E-state index contributed by atoms with van der Waals surface area (Å²) in [4.78, 5) is 8.32. The van der Waals surface area contributed by atoms with Crippen LogP contribution in [0.4, 0.5) is 0 Å². The first kappa shape index (κ1) is 11.6. The van der Waals surface area contributed by atoms with Crippen molar-refractivity contribution in [2.45, 2.75) is 50.7 Å². The second kappa shape index (κ2) is 5.04. The van der Waals surface area contributed by atoms with Gasteiger partial charge in [0.1, 0.15) is 0 Å². The molecule has 1 aromatic rings. The number of rotatable bonds is 3. The van der Waals surface area contributed by atoms with E-state index >= 15 is 0 Å². The van der Waals surface area contributed by atoms with Crippen LogP contribution in [-0.2, 0) is 0 Å². The summed E-state index contributed by atoms with van der Waals surface area (Å²) in [6.07, 6.45) is 7.46. The molecule has 0 saturated carbocycles. The Labute approximate surface area is 107 Å². The molecule has 2 fully saturated rings. The van der Waals surface area contributed by atoms with E-state index in [1.807, 2.05) is 11.7 Å². The molecular formula is C13H21N3S. The molecule has 3 atom stereocenters. The number of nitrogens with zero attached hydrogens (tertiary/aromatic N) is 2. The quantitative estimate of drug-likeness (QED) is 0.894. The fourth-order valence-electron chi connectivity index (χ4n) is 3.36. The molecule has 2 aliphatic heterocycles. The van der Waals surface area contributed by atoms with Gasteiger partial charge >= 0.3 is 0 Å². The zero-order chi connectivity index (χ0) is 11.7. The molecular weight excluding hydrogens is 230 g/mol. The van der Waals surface area contributed by atoms with Crippen molar-refractivity contribution in [3.63, 3.8) is 0 Å². The Hall–Kier alpha value is -0.450. The zero-order valence-corrected chi connectivity index (χ0v) is 11.2. The summed E-state index contributed by atoms with van der Waals surface area (Å²) < 4.78 is 0. The largest absolute Gasteiger partial charge is 0.312 e. The van der Waals surface area contributed by atoms with Crippen molar-refractivity contribution in [2.75, 3.05) is 13.1 Å². The average Bonchev–Trinajstić information content (AvgIpc) is 3.09. The fraction of sp³-hybridized carbons (Fsp3) is 0.769. The molecule has 2 aliphatic rings. The van der Waals surface area contributed by atoms with Crippen LogP contribution in [0.15, 0.2) is 11.7 Å². The van der Waals surface area contributed by atoms with Gasteiger partial charge in [-0.2, -0.15) is 0 Å². The van der Waals surface area contributed by atoms with Crippen molar-refractivity contribution < 1.29 is 0 Å². The average molecular weight is 251 g/mol. The molecule has 3 rings (SSSR count). The van der Waals surface area contributed by atoms with Crippen LogP contribution in [0, 0.1) is 0 Å². The Bertz CT molecular complexity index is 346. The SMILES string of the molecule is CC(c1cncs1)N1CCCC1C1CCCN1. The highest BCUT2D eigenvalue weighted by molar-refractivity contribution is 7.09. The second-order valence-corrected chi connectivity index (χ2v) is 6.15. The molecule has 3 nitrogen and oxygen atoms in total. The first-order chi connectivity index (χ1) is 8.36. The van der Waals surface area contributed by atoms with Gasteiger partial charge in [0.05, 0.1) is 5.51 Å². The normalized spacial score (nSPS) is 32.1. The maximum atomic E-state index is 4.21. The minimum Gasteiger partial charge on any atom is -0.312 e. The highest BCUT2D eigenvalue weighted by Crippen LogP contribution is 2.33. The minimum atomic E-state index is 0.539. The van der Waals surface area contributed by atoms with Crippen molar-refractivity contribution in [1.82, 2.24) is 15.2 Å². The number of likely N-dealkylation sites (tertiary alicyclic amines) is 1. The third-order valence-corrected chi connectivity index (χ3v) is 5.21. The van der Waals surface area contributed by atoms with Crippen LogP contribution < -0.4 is 5.32 Å². The van der Waals surface area contributed by atoms with Crippen molar-refractivity contribution in [3.8, 4) is 0 Å². The molecule has 0 amide bonds. The molecule has 2 saturated heterocycles. The lowest BCUT2D eigenvalue weighted by atomic mass is 10.0. The lowest BCUT2D eigenvalue weighted by Crippen LogP contribution is -2.44. The Balaban J connectivity index is 1.72. The second-order valence-electron chi connectivity index (χ2n) is 5.23. The van der Waals surface area contributed by atoms with E-state index in [2.05, 4.69) is 22.1 Å². The molecule has 0 radical (unpaired) electrons. The maximum Gasteiger partial charge on any atom is 0.0794 e. The molecule has 4 heteroatoms. The molecule has 3 unspecified atom stereocenters. The topological polar surface area (TPSA) is 28.2 Å². The Morgan fingerprint density at radius 3 is 3.12 bits per heavy atom. The smallest absolute Gasteiger partial charge is 0.0794 e. The van der Waals surface area contributed by atoms with Crippen LogP contribution >= 0.6 is 11.3 Å². The van der Waals surface area contributed by atoms with Crippen LogP contribution in [0.1, 0.15) is 43.5 Å². The van der Waals surface area contributed by atoms with Crippen molar-refractivity contribution in [3.05, 3.63) is 16.6 Å². The van der Waals surface area contributed by atoms with Crippen LogP contribution in [0.25, 0.3) is 0 Å². The van der Waals surface area contributed by atoms with Crippen LogP contribution in [0.2, 0.25) is 0 Å². The predicted octanol–water partition coefficient (Wildman–Crippen LogP) is 2.42. The molecule has 1 aromatic heterocycles. The molecule has 94 valence electrons. The first-order valence-electron chi connectivity index (χ1n) is 6.74. The Kier molecular flexibility index (Phi) is 3.45. The van der Waals surface area contributed by atoms with Gasteiger partial charge in [0.15, 0.2) is 0 Å². The molecule has 0 spiro atoms. The summed E-state index contributed by atoms with van der Waals surface area (Å²) in [6.45, 7) is 4.80. The molecule has 17 heavy (non-hydrogen) atoms. The van der Waals surface area contributed by atoms with Gasteiger partial charge in [-0.25, -0.2) is 0 Å². The zero-order valence-electron chi connectivity index (χ0n) is 10.4. The summed E-state index contributed by atoms with van der Waals surface area (Å²) in [5.41, 5.74) is 1.95.